The molecule has 22 heavy (non-hydrogen) atoms. The van der Waals surface area contributed by atoms with E-state index in [1.54, 1.807) is 18.3 Å². The molecule has 0 unspecified atom stereocenters. The van der Waals surface area contributed by atoms with Gasteiger partial charge in [-0.05, 0) is 49.7 Å². The molecule has 1 amide bonds. The average Bonchev–Trinajstić information content (AvgIpc) is 2.50. The Labute approximate surface area is 140 Å². The zero-order valence-corrected chi connectivity index (χ0v) is 14.2. The van der Waals surface area contributed by atoms with Crippen LogP contribution in [-0.2, 0) is 0 Å². The van der Waals surface area contributed by atoms with Crippen molar-refractivity contribution >= 4 is 29.3 Å². The van der Waals surface area contributed by atoms with Crippen LogP contribution in [0.2, 0.25) is 5.02 Å². The lowest BCUT2D eigenvalue weighted by molar-refractivity contribution is 0.0934. The standard InChI is InChI=1S/C17H19ClN2OS/c1-3-5-12(2)20-16(21)15-6-4-11-19-17(15)22-14-9-7-13(18)8-10-14/h4,6-12H,3,5H2,1-2H3,(H,20,21)/t12-/m1/s1. The largest absolute Gasteiger partial charge is 0.350 e. The number of halogens is 1. The quantitative estimate of drug-likeness (QED) is 0.824. The number of pyridine rings is 1. The van der Waals surface area contributed by atoms with Gasteiger partial charge in [-0.2, -0.15) is 0 Å². The van der Waals surface area contributed by atoms with E-state index >= 15 is 0 Å². The van der Waals surface area contributed by atoms with E-state index in [9.17, 15) is 4.79 Å². The third-order valence-corrected chi connectivity index (χ3v) is 4.42. The highest BCUT2D eigenvalue weighted by Gasteiger charge is 2.15. The minimum absolute atomic E-state index is 0.0782. The molecule has 0 aliphatic heterocycles. The van der Waals surface area contributed by atoms with E-state index in [0.717, 1.165) is 17.7 Å². The van der Waals surface area contributed by atoms with Crippen molar-refractivity contribution in [2.24, 2.45) is 0 Å². The summed E-state index contributed by atoms with van der Waals surface area (Å²) in [5.74, 6) is -0.0782. The van der Waals surface area contributed by atoms with Crippen LogP contribution in [0.15, 0.2) is 52.5 Å². The maximum Gasteiger partial charge on any atom is 0.254 e. The van der Waals surface area contributed by atoms with Gasteiger partial charge in [0, 0.05) is 22.2 Å². The van der Waals surface area contributed by atoms with Gasteiger partial charge in [0.05, 0.1) is 5.56 Å². The molecule has 0 saturated heterocycles. The Morgan fingerprint density at radius 1 is 1.32 bits per heavy atom. The molecular weight excluding hydrogens is 316 g/mol. The summed E-state index contributed by atoms with van der Waals surface area (Å²) in [7, 11) is 0. The van der Waals surface area contributed by atoms with Crippen molar-refractivity contribution in [2.45, 2.75) is 42.7 Å². The van der Waals surface area contributed by atoms with Gasteiger partial charge in [-0.15, -0.1) is 0 Å². The summed E-state index contributed by atoms with van der Waals surface area (Å²) in [6.45, 7) is 4.12. The molecular formula is C17H19ClN2OS. The van der Waals surface area contributed by atoms with Crippen LogP contribution in [0.1, 0.15) is 37.0 Å². The third kappa shape index (κ3) is 4.75. The summed E-state index contributed by atoms with van der Waals surface area (Å²) < 4.78 is 0. The van der Waals surface area contributed by atoms with Crippen LogP contribution in [0.4, 0.5) is 0 Å². The van der Waals surface area contributed by atoms with E-state index < -0.39 is 0 Å². The molecule has 2 rings (SSSR count). The van der Waals surface area contributed by atoms with Gasteiger partial charge in [-0.25, -0.2) is 4.98 Å². The summed E-state index contributed by atoms with van der Waals surface area (Å²) in [5, 5.41) is 4.41. The number of nitrogens with zero attached hydrogens (tertiary/aromatic N) is 1. The lowest BCUT2D eigenvalue weighted by Gasteiger charge is -2.14. The number of nitrogens with one attached hydrogen (secondary N) is 1. The Hall–Kier alpha value is -1.52. The van der Waals surface area contributed by atoms with Gasteiger partial charge in [0.15, 0.2) is 0 Å². The van der Waals surface area contributed by atoms with Gasteiger partial charge >= 0.3 is 0 Å². The summed E-state index contributed by atoms with van der Waals surface area (Å²) in [6.07, 6.45) is 3.71. The lowest BCUT2D eigenvalue weighted by atomic mass is 10.2. The highest BCUT2D eigenvalue weighted by molar-refractivity contribution is 7.99. The maximum absolute atomic E-state index is 12.4. The van der Waals surface area contributed by atoms with Crippen molar-refractivity contribution < 1.29 is 4.79 Å². The number of hydrogen-bond donors (Lipinski definition) is 1. The molecule has 1 N–H and O–H groups in total. The Bertz CT molecular complexity index is 631. The smallest absolute Gasteiger partial charge is 0.254 e. The van der Waals surface area contributed by atoms with Crippen molar-refractivity contribution in [3.8, 4) is 0 Å². The summed E-state index contributed by atoms with van der Waals surface area (Å²) >= 11 is 7.36. The van der Waals surface area contributed by atoms with E-state index in [1.807, 2.05) is 31.2 Å². The molecule has 0 bridgehead atoms. The van der Waals surface area contributed by atoms with Crippen molar-refractivity contribution in [3.63, 3.8) is 0 Å². The van der Waals surface area contributed by atoms with Crippen LogP contribution in [0, 0.1) is 0 Å². The first-order valence-electron chi connectivity index (χ1n) is 7.29. The van der Waals surface area contributed by atoms with Gasteiger partial charge < -0.3 is 5.32 Å². The number of amides is 1. The van der Waals surface area contributed by atoms with Crippen LogP contribution in [0.5, 0.6) is 0 Å². The van der Waals surface area contributed by atoms with Crippen molar-refractivity contribution in [2.75, 3.05) is 0 Å². The second-order valence-electron chi connectivity index (χ2n) is 5.08. The molecule has 0 aliphatic rings. The zero-order chi connectivity index (χ0) is 15.9. The molecule has 3 nitrogen and oxygen atoms in total. The molecule has 0 aliphatic carbocycles. The summed E-state index contributed by atoms with van der Waals surface area (Å²) in [6, 6.07) is 11.2. The number of rotatable bonds is 6. The predicted octanol–water partition coefficient (Wildman–Crippen LogP) is 4.80. The maximum atomic E-state index is 12.4. The van der Waals surface area contributed by atoms with Gasteiger partial charge in [0.1, 0.15) is 5.03 Å². The monoisotopic (exact) mass is 334 g/mol. The molecule has 2 aromatic rings. The molecule has 0 radical (unpaired) electrons. The number of hydrogen-bond acceptors (Lipinski definition) is 3. The summed E-state index contributed by atoms with van der Waals surface area (Å²) in [5.41, 5.74) is 0.602. The molecule has 5 heteroatoms. The van der Waals surface area contributed by atoms with Crippen LogP contribution >= 0.6 is 23.4 Å². The van der Waals surface area contributed by atoms with Crippen molar-refractivity contribution in [1.29, 1.82) is 0 Å². The van der Waals surface area contributed by atoms with Crippen LogP contribution < -0.4 is 5.32 Å². The topological polar surface area (TPSA) is 42.0 Å². The number of aromatic nitrogens is 1. The normalized spacial score (nSPS) is 12.0. The SMILES string of the molecule is CCC[C@@H](C)NC(=O)c1cccnc1Sc1ccc(Cl)cc1. The van der Waals surface area contributed by atoms with Crippen LogP contribution in [0.3, 0.4) is 0 Å². The van der Waals surface area contributed by atoms with E-state index in [2.05, 4.69) is 17.2 Å². The minimum Gasteiger partial charge on any atom is -0.350 e. The Kier molecular flexibility index (Phi) is 6.28. The second kappa shape index (κ2) is 8.20. The molecule has 1 aromatic heterocycles. The highest BCUT2D eigenvalue weighted by Crippen LogP contribution is 2.29. The van der Waals surface area contributed by atoms with Crippen LogP contribution in [-0.4, -0.2) is 16.9 Å². The number of carbonyl (C=O) groups is 1. The van der Waals surface area contributed by atoms with E-state index in [1.165, 1.54) is 11.8 Å². The van der Waals surface area contributed by atoms with Gasteiger partial charge in [0.2, 0.25) is 0 Å². The van der Waals surface area contributed by atoms with Crippen molar-refractivity contribution in [3.05, 3.63) is 53.2 Å². The third-order valence-electron chi connectivity index (χ3n) is 3.14. The highest BCUT2D eigenvalue weighted by atomic mass is 35.5. The zero-order valence-electron chi connectivity index (χ0n) is 12.7. The van der Waals surface area contributed by atoms with Gasteiger partial charge in [-0.1, -0.05) is 36.7 Å². The fourth-order valence-electron chi connectivity index (χ4n) is 2.07. The molecule has 0 saturated carbocycles. The number of carbonyl (C=O) groups excluding carboxylic acids is 1. The first-order valence-corrected chi connectivity index (χ1v) is 8.49. The van der Waals surface area contributed by atoms with Gasteiger partial charge in [0.25, 0.3) is 5.91 Å². The first-order chi connectivity index (χ1) is 10.6. The Morgan fingerprint density at radius 2 is 2.05 bits per heavy atom. The second-order valence-corrected chi connectivity index (χ2v) is 6.57. The molecule has 1 aromatic carbocycles. The fourth-order valence-corrected chi connectivity index (χ4v) is 3.07. The Balaban J connectivity index is 2.15. The predicted molar refractivity (Wildman–Crippen MR) is 91.6 cm³/mol. The van der Waals surface area contributed by atoms with Crippen LogP contribution in [0.25, 0.3) is 0 Å². The molecule has 1 atom stereocenters. The fraction of sp³-hybridized carbons (Fsp3) is 0.294. The summed E-state index contributed by atoms with van der Waals surface area (Å²) in [4.78, 5) is 17.7. The van der Waals surface area contributed by atoms with E-state index in [-0.39, 0.29) is 11.9 Å². The van der Waals surface area contributed by atoms with Gasteiger partial charge in [-0.3, -0.25) is 4.79 Å². The molecule has 0 fully saturated rings. The molecule has 116 valence electrons. The minimum atomic E-state index is -0.0782. The lowest BCUT2D eigenvalue weighted by Crippen LogP contribution is -2.32. The number of benzene rings is 1. The van der Waals surface area contributed by atoms with E-state index in [4.69, 9.17) is 11.6 Å². The van der Waals surface area contributed by atoms with E-state index in [0.29, 0.717) is 15.6 Å². The Morgan fingerprint density at radius 3 is 2.73 bits per heavy atom. The molecule has 0 spiro atoms. The first kappa shape index (κ1) is 16.8. The van der Waals surface area contributed by atoms with Crippen molar-refractivity contribution in [1.82, 2.24) is 10.3 Å². The molecule has 1 heterocycles. The average molecular weight is 335 g/mol.